The third-order valence-corrected chi connectivity index (χ3v) is 6.79. The van der Waals surface area contributed by atoms with Gasteiger partial charge in [0.15, 0.2) is 6.61 Å². The van der Waals surface area contributed by atoms with Crippen molar-refractivity contribution in [2.75, 3.05) is 26.0 Å². The summed E-state index contributed by atoms with van der Waals surface area (Å²) in [5, 5.41) is 7.04. The van der Waals surface area contributed by atoms with Gasteiger partial charge in [-0.05, 0) is 50.3 Å². The number of nitrogens with zero attached hydrogens (tertiary/aromatic N) is 3. The number of aromatic nitrogens is 2. The van der Waals surface area contributed by atoms with Gasteiger partial charge in [0.1, 0.15) is 0 Å². The average Bonchev–Trinajstić information content (AvgIpc) is 3.10. The first-order valence-corrected chi connectivity index (χ1v) is 11.8. The highest BCUT2D eigenvalue weighted by Gasteiger charge is 2.18. The predicted octanol–water partition coefficient (Wildman–Crippen LogP) is 2.93. The molecule has 3 aromatic rings. The minimum Gasteiger partial charge on any atom is -0.452 e. The van der Waals surface area contributed by atoms with Crippen LogP contribution < -0.4 is 5.32 Å². The van der Waals surface area contributed by atoms with Crippen molar-refractivity contribution in [2.45, 2.75) is 18.7 Å². The van der Waals surface area contributed by atoms with Crippen molar-refractivity contribution in [3.63, 3.8) is 0 Å². The normalized spacial score (nSPS) is 11.7. The number of nitrogens with one attached hydrogen (secondary N) is 1. The van der Waals surface area contributed by atoms with Crippen molar-refractivity contribution in [2.24, 2.45) is 0 Å². The molecule has 0 spiro atoms. The Bertz CT molecular complexity index is 1330. The van der Waals surface area contributed by atoms with E-state index in [1.54, 1.807) is 16.8 Å². The van der Waals surface area contributed by atoms with Gasteiger partial charge in [0.25, 0.3) is 5.91 Å². The van der Waals surface area contributed by atoms with E-state index in [0.717, 1.165) is 26.9 Å². The summed E-state index contributed by atoms with van der Waals surface area (Å²) in [6, 6.07) is 15.5. The lowest BCUT2D eigenvalue weighted by Crippen LogP contribution is -2.23. The molecule has 3 rings (SSSR count). The number of anilines is 1. The molecule has 9 nitrogen and oxygen atoms in total. The molecule has 1 heterocycles. The van der Waals surface area contributed by atoms with E-state index < -0.39 is 28.5 Å². The van der Waals surface area contributed by atoms with E-state index >= 15 is 0 Å². The molecular formula is C24H26N4O5S. The second-order valence-corrected chi connectivity index (χ2v) is 9.79. The fourth-order valence-corrected chi connectivity index (χ4v) is 4.14. The Balaban J connectivity index is 1.60. The summed E-state index contributed by atoms with van der Waals surface area (Å²) in [7, 11) is -0.797. The topological polar surface area (TPSA) is 111 Å². The van der Waals surface area contributed by atoms with Crippen LogP contribution in [0, 0.1) is 13.8 Å². The molecule has 0 saturated carbocycles. The van der Waals surface area contributed by atoms with Crippen LogP contribution in [0.15, 0.2) is 65.6 Å². The van der Waals surface area contributed by atoms with Gasteiger partial charge in [-0.2, -0.15) is 5.10 Å². The van der Waals surface area contributed by atoms with Crippen LogP contribution in [-0.4, -0.2) is 55.1 Å². The number of rotatable bonds is 8. The minimum absolute atomic E-state index is 0.0389. The van der Waals surface area contributed by atoms with Crippen molar-refractivity contribution >= 4 is 33.7 Å². The number of ether oxygens (including phenoxy) is 1. The minimum atomic E-state index is -3.64. The number of benzene rings is 2. The van der Waals surface area contributed by atoms with Gasteiger partial charge in [0, 0.05) is 37.1 Å². The summed E-state index contributed by atoms with van der Waals surface area (Å²) in [4.78, 5) is 24.3. The van der Waals surface area contributed by atoms with Crippen LogP contribution in [0.1, 0.15) is 17.0 Å². The zero-order valence-corrected chi connectivity index (χ0v) is 20.2. The van der Waals surface area contributed by atoms with Crippen molar-refractivity contribution in [1.82, 2.24) is 14.1 Å². The molecule has 0 atom stereocenters. The summed E-state index contributed by atoms with van der Waals surface area (Å²) >= 11 is 0. The quantitative estimate of drug-likeness (QED) is 0.390. The molecule has 34 heavy (non-hydrogen) atoms. The smallest absolute Gasteiger partial charge is 0.331 e. The summed E-state index contributed by atoms with van der Waals surface area (Å²) in [6.45, 7) is 3.22. The van der Waals surface area contributed by atoms with Crippen LogP contribution in [0.3, 0.4) is 0 Å². The fraction of sp³-hybridized carbons (Fsp3) is 0.208. The number of carbonyl (C=O) groups is 2. The van der Waals surface area contributed by atoms with Gasteiger partial charge in [-0.15, -0.1) is 0 Å². The number of esters is 1. The average molecular weight is 483 g/mol. The largest absolute Gasteiger partial charge is 0.452 e. The van der Waals surface area contributed by atoms with Gasteiger partial charge in [-0.25, -0.2) is 22.2 Å². The van der Waals surface area contributed by atoms with Crippen LogP contribution >= 0.6 is 0 Å². The lowest BCUT2D eigenvalue weighted by atomic mass is 10.2. The molecule has 10 heteroatoms. The van der Waals surface area contributed by atoms with E-state index in [1.807, 2.05) is 44.2 Å². The maximum atomic E-state index is 12.2. The molecule has 0 unspecified atom stereocenters. The highest BCUT2D eigenvalue weighted by atomic mass is 32.2. The van der Waals surface area contributed by atoms with E-state index in [0.29, 0.717) is 0 Å². The molecule has 178 valence electrons. The molecule has 2 aromatic carbocycles. The lowest BCUT2D eigenvalue weighted by Gasteiger charge is -2.12. The third-order valence-electron chi connectivity index (χ3n) is 4.98. The Hall–Kier alpha value is -3.76. The second kappa shape index (κ2) is 10.4. The number of sulfonamides is 1. The molecular weight excluding hydrogens is 456 g/mol. The van der Waals surface area contributed by atoms with Gasteiger partial charge in [0.05, 0.1) is 16.3 Å². The number of hydrogen-bond donors (Lipinski definition) is 1. The maximum absolute atomic E-state index is 12.2. The fourth-order valence-electron chi connectivity index (χ4n) is 3.19. The monoisotopic (exact) mass is 482 g/mol. The van der Waals surface area contributed by atoms with Crippen molar-refractivity contribution < 1.29 is 22.7 Å². The first-order valence-electron chi connectivity index (χ1n) is 10.4. The van der Waals surface area contributed by atoms with Crippen molar-refractivity contribution in [1.29, 1.82) is 0 Å². The van der Waals surface area contributed by atoms with Crippen LogP contribution in [0.5, 0.6) is 0 Å². The highest BCUT2D eigenvalue weighted by Crippen LogP contribution is 2.20. The van der Waals surface area contributed by atoms with E-state index in [1.165, 1.54) is 38.4 Å². The molecule has 0 aliphatic heterocycles. The second-order valence-electron chi connectivity index (χ2n) is 7.64. The molecule has 0 fully saturated rings. The van der Waals surface area contributed by atoms with Gasteiger partial charge >= 0.3 is 5.97 Å². The zero-order chi connectivity index (χ0) is 24.9. The number of amides is 1. The molecule has 0 bridgehead atoms. The van der Waals surface area contributed by atoms with Crippen molar-refractivity contribution in [3.05, 3.63) is 77.6 Å². The summed E-state index contributed by atoms with van der Waals surface area (Å²) in [5.74, 6) is -1.28. The van der Waals surface area contributed by atoms with Gasteiger partial charge in [-0.1, -0.05) is 24.3 Å². The SMILES string of the molecule is Cc1nn(-c2ccccc2)c(C)c1C=CC(=O)OCC(=O)Nc1cccc(S(=O)(=O)N(C)C)c1. The Morgan fingerprint density at radius 2 is 1.79 bits per heavy atom. The predicted molar refractivity (Wildman–Crippen MR) is 129 cm³/mol. The summed E-state index contributed by atoms with van der Waals surface area (Å²) < 4.78 is 32.4. The number of para-hydroxylation sites is 1. The summed E-state index contributed by atoms with van der Waals surface area (Å²) in [6.07, 6.45) is 2.84. The first kappa shape index (κ1) is 24.9. The Morgan fingerprint density at radius 3 is 2.47 bits per heavy atom. The van der Waals surface area contributed by atoms with Crippen LogP contribution in [0.4, 0.5) is 5.69 Å². The van der Waals surface area contributed by atoms with Crippen molar-refractivity contribution in [3.8, 4) is 5.69 Å². The van der Waals surface area contributed by atoms with Gasteiger partial charge < -0.3 is 10.1 Å². The molecule has 0 aliphatic carbocycles. The van der Waals surface area contributed by atoms with E-state index in [-0.39, 0.29) is 10.6 Å². The lowest BCUT2D eigenvalue weighted by molar-refractivity contribution is -0.142. The standard InChI is InChI=1S/C24H26N4O5S/c1-17-22(18(2)28(26-17)20-10-6-5-7-11-20)13-14-24(30)33-16-23(29)25-19-9-8-12-21(15-19)34(31,32)27(3)4/h5-15H,16H2,1-4H3,(H,25,29). The molecule has 0 aliphatic rings. The van der Waals surface area contributed by atoms with Gasteiger partial charge in [0.2, 0.25) is 10.0 Å². The first-order chi connectivity index (χ1) is 16.1. The molecule has 1 N–H and O–H groups in total. The molecule has 1 amide bonds. The highest BCUT2D eigenvalue weighted by molar-refractivity contribution is 7.89. The van der Waals surface area contributed by atoms with Gasteiger partial charge in [-0.3, -0.25) is 4.79 Å². The van der Waals surface area contributed by atoms with E-state index in [9.17, 15) is 18.0 Å². The number of carbonyl (C=O) groups excluding carboxylic acids is 2. The Kier molecular flexibility index (Phi) is 7.64. The molecule has 0 saturated heterocycles. The van der Waals surface area contributed by atoms with Crippen LogP contribution in [-0.2, 0) is 24.3 Å². The van der Waals surface area contributed by atoms with Crippen LogP contribution in [0.25, 0.3) is 11.8 Å². The van der Waals surface area contributed by atoms with E-state index in [4.69, 9.17) is 4.74 Å². The molecule has 1 aromatic heterocycles. The molecule has 0 radical (unpaired) electrons. The van der Waals surface area contributed by atoms with Crippen LogP contribution in [0.2, 0.25) is 0 Å². The number of hydrogen-bond acceptors (Lipinski definition) is 6. The Morgan fingerprint density at radius 1 is 1.09 bits per heavy atom. The zero-order valence-electron chi connectivity index (χ0n) is 19.3. The van der Waals surface area contributed by atoms with E-state index in [2.05, 4.69) is 10.4 Å². The summed E-state index contributed by atoms with van der Waals surface area (Å²) in [5.41, 5.74) is 3.57. The maximum Gasteiger partial charge on any atom is 0.331 e. The third kappa shape index (κ3) is 5.77. The Labute approximate surface area is 198 Å². The number of aryl methyl sites for hydroxylation is 1.